The number of phenolic OH excluding ortho intramolecular Hbond substituents is 1. The molecule has 3 aromatic carbocycles. The molecule has 0 spiro atoms. The Labute approximate surface area is 599 Å². The third-order valence-electron chi connectivity index (χ3n) is 18.1. The number of para-hydroxylation sites is 1. The van der Waals surface area contributed by atoms with Crippen molar-refractivity contribution in [3.8, 4) is 5.75 Å². The number of aliphatic hydroxyl groups excluding tert-OH is 1. The largest absolute Gasteiger partial charge is 0.508 e. The molecule has 1 saturated heterocycles. The van der Waals surface area contributed by atoms with Crippen LogP contribution in [-0.4, -0.2) is 193 Å². The van der Waals surface area contributed by atoms with Gasteiger partial charge in [0.25, 0.3) is 0 Å². The van der Waals surface area contributed by atoms with Gasteiger partial charge < -0.3 is 95.2 Å². The number of carbonyl (C=O) groups is 12. The first kappa shape index (κ1) is 78.0. The predicted octanol–water partition coefficient (Wildman–Crippen LogP) is -0.615. The number of primary amides is 1. The Hall–Kier alpha value is -11.7. The van der Waals surface area contributed by atoms with Crippen LogP contribution in [0.3, 0.4) is 0 Å². The van der Waals surface area contributed by atoms with Gasteiger partial charge in [0.1, 0.15) is 60.1 Å². The van der Waals surface area contributed by atoms with Crippen molar-refractivity contribution in [3.63, 3.8) is 0 Å². The smallest absolute Gasteiger partial charge is 0.303 e. The number of imidazole rings is 1. The highest BCUT2D eigenvalue weighted by Crippen LogP contribution is 2.44. The van der Waals surface area contributed by atoms with Crippen molar-refractivity contribution in [2.75, 3.05) is 26.2 Å². The lowest BCUT2D eigenvalue weighted by Crippen LogP contribution is -2.61. The van der Waals surface area contributed by atoms with Crippen molar-refractivity contribution >= 4 is 93.9 Å². The lowest BCUT2D eigenvalue weighted by atomic mass is 9.71. The lowest BCUT2D eigenvalue weighted by molar-refractivity contribution is -0.142. The number of likely N-dealkylation sites (tertiary alicyclic amines) is 1. The van der Waals surface area contributed by atoms with Gasteiger partial charge in [-0.25, -0.2) is 4.98 Å². The number of aliphatic hydroxyl groups is 1. The number of carboxylic acids is 1. The summed E-state index contributed by atoms with van der Waals surface area (Å²) in [5.41, 5.74) is 20.9. The number of H-pyrrole nitrogens is 2. The number of fused-ring (bicyclic) bond motifs is 3. The van der Waals surface area contributed by atoms with Crippen LogP contribution in [0.2, 0.25) is 0 Å². The molecule has 0 bridgehead atoms. The van der Waals surface area contributed by atoms with Gasteiger partial charge in [0.2, 0.25) is 65.0 Å². The number of aromatic amines is 2. The summed E-state index contributed by atoms with van der Waals surface area (Å²) < 4.78 is 0. The number of nitrogens with two attached hydrogens (primary N) is 3. The van der Waals surface area contributed by atoms with Crippen molar-refractivity contribution in [3.05, 3.63) is 149 Å². The maximum Gasteiger partial charge on any atom is 0.303 e. The normalized spacial score (nSPS) is 17.3. The lowest BCUT2D eigenvalue weighted by Gasteiger charge is -2.36. The Kier molecular flexibility index (Phi) is 28.0. The fourth-order valence-electron chi connectivity index (χ4n) is 13.0. The Bertz CT molecular complexity index is 4050. The molecule has 3 heterocycles. The molecule has 1 fully saturated rings. The zero-order chi connectivity index (χ0) is 75.1. The zero-order valence-electron chi connectivity index (χ0n) is 57.9. The molecule has 2 aliphatic carbocycles. The van der Waals surface area contributed by atoms with Crippen LogP contribution in [0.25, 0.3) is 17.0 Å². The van der Waals surface area contributed by atoms with Gasteiger partial charge in [-0.3, -0.25) is 62.5 Å². The predicted molar refractivity (Wildman–Crippen MR) is 381 cm³/mol. The number of amides is 11. The maximum absolute atomic E-state index is 15.6. The number of aromatic hydroxyl groups is 1. The van der Waals surface area contributed by atoms with Crippen LogP contribution in [0.4, 0.5) is 0 Å². The van der Waals surface area contributed by atoms with Gasteiger partial charge in [0.15, 0.2) is 5.96 Å². The average molecular weight is 1430 g/mol. The molecule has 32 heteroatoms. The number of phenols is 1. The molecule has 32 nitrogen and oxygen atoms in total. The summed E-state index contributed by atoms with van der Waals surface area (Å²) >= 11 is 0. The monoisotopic (exact) mass is 1430 g/mol. The van der Waals surface area contributed by atoms with Crippen LogP contribution in [0.15, 0.2) is 126 Å². The summed E-state index contributed by atoms with van der Waals surface area (Å²) in [4.78, 5) is 183. The van der Waals surface area contributed by atoms with Crippen LogP contribution >= 0.6 is 0 Å². The van der Waals surface area contributed by atoms with E-state index in [0.29, 0.717) is 28.5 Å². The van der Waals surface area contributed by atoms with Gasteiger partial charge in [-0.1, -0.05) is 98.8 Å². The molecular formula is C72H91N17O15. The Morgan fingerprint density at radius 3 is 1.96 bits per heavy atom. The highest BCUT2D eigenvalue weighted by molar-refractivity contribution is 6.00. The first-order chi connectivity index (χ1) is 49.7. The number of nitrogens with zero attached hydrogens (tertiary/aromatic N) is 3. The van der Waals surface area contributed by atoms with E-state index in [-0.39, 0.29) is 100 Å². The maximum atomic E-state index is 15.6. The molecule has 1 aliphatic heterocycles. The van der Waals surface area contributed by atoms with E-state index < -0.39 is 151 Å². The van der Waals surface area contributed by atoms with Crippen molar-refractivity contribution in [2.45, 2.75) is 152 Å². The van der Waals surface area contributed by atoms with Crippen LogP contribution in [0.1, 0.15) is 106 Å². The fraction of sp³-hybridized carbons (Fsp3) is 0.417. The molecule has 8 rings (SSSR count). The number of carboxylic acid groups (broad SMARTS) is 1. The molecule has 11 amide bonds. The SMILES string of the molecule is CC(=O)N[C@@H](CCC(=O)O)C(=O)N[C@@H](Cc1c[nH]cn1)C(=O)N[C@@H](Cc1c[nH]c2ccccc12)C(=O)N[C@@H](CO)C(=O)N[C@@H](Cc1ccc(O)cc1)C(=O)N[C@H](CC1c2ccccc2C=C2C=CC=CC21)C(=O)N[C@@H](CC(C)C)C(=O)N[C@@H](CCCN=C(N)N)C(=O)N1CCC[C@H]1C(=O)NCC(N)=O. The fourth-order valence-corrected chi connectivity index (χ4v) is 13.0. The minimum Gasteiger partial charge on any atom is -0.508 e. The number of aliphatic imine (C=N–C) groups is 1. The summed E-state index contributed by atoms with van der Waals surface area (Å²) in [6, 6.07) is 7.02. The number of hydrogen-bond acceptors (Lipinski definition) is 16. The second-order valence-electron chi connectivity index (χ2n) is 26.3. The van der Waals surface area contributed by atoms with Crippen molar-refractivity contribution < 1.29 is 72.9 Å². The van der Waals surface area contributed by atoms with Gasteiger partial charge in [0.05, 0.1) is 25.2 Å². The molecule has 11 atom stereocenters. The van der Waals surface area contributed by atoms with E-state index in [1.807, 2.05) is 54.6 Å². The molecular weight excluding hydrogens is 1340 g/mol. The number of aliphatic carboxylic acids is 1. The number of carbonyl (C=O) groups excluding carboxylic acids is 11. The summed E-state index contributed by atoms with van der Waals surface area (Å²) in [5.74, 6) is -12.1. The summed E-state index contributed by atoms with van der Waals surface area (Å²) in [7, 11) is 0. The number of rotatable bonds is 37. The van der Waals surface area contributed by atoms with Gasteiger partial charge in [-0.2, -0.15) is 0 Å². The van der Waals surface area contributed by atoms with E-state index in [0.717, 1.165) is 23.6 Å². The number of nitrogens with one attached hydrogen (secondary N) is 11. The molecule has 20 N–H and O–H groups in total. The van der Waals surface area contributed by atoms with Crippen molar-refractivity contribution in [1.29, 1.82) is 0 Å². The van der Waals surface area contributed by atoms with Gasteiger partial charge in [0, 0.05) is 74.9 Å². The number of hydrogen-bond donors (Lipinski definition) is 17. The van der Waals surface area contributed by atoms with Crippen molar-refractivity contribution in [1.82, 2.24) is 67.7 Å². The molecule has 2 aromatic heterocycles. The first-order valence-electron chi connectivity index (χ1n) is 34.4. The van der Waals surface area contributed by atoms with Crippen LogP contribution < -0.4 is 65.1 Å². The number of guanidine groups is 1. The Balaban J connectivity index is 1.10. The standard InChI is InChI=1S/C72H91N17O15/c1-39(2)28-54(64(97)82-53(18-10-26-77-72(74)75)71(104)89-27-11-19-60(89)70(103)79-36-61(73)93)83-68(101)58(33-50-47-14-6-4-12-42(47)30-43-13-5-7-15-48(43)50)87-65(98)55(29-41-20-22-46(92)23-21-41)84-69(102)59(37-90)88-66(99)56(31-44-34-78-51-17-9-8-16-49(44)51)85-67(100)57(32-45-35-76-38-80-45)86-63(96)52(81-40(3)91)24-25-62(94)95/h4-9,12-17,20-23,30,34-35,38-39,47,50,52-60,78,90,92H,10-11,18-19,24-29,31-33,36-37H2,1-3H3,(H2,73,93)(H,76,80)(H,79,103)(H,81,91)(H,82,97)(H,83,101)(H,84,102)(H,85,100)(H,86,96)(H,87,98)(H,88,99)(H,94,95)(H4,74,75,77)/t47?,50?,52-,53-,54-,55-,56-,57-,58+,59-,60-/m0/s1. The second kappa shape index (κ2) is 37.3. The molecule has 554 valence electrons. The second-order valence-corrected chi connectivity index (χ2v) is 26.3. The van der Waals surface area contributed by atoms with E-state index in [1.165, 1.54) is 41.7 Å². The minimum absolute atomic E-state index is 0.00316. The third-order valence-corrected chi connectivity index (χ3v) is 18.1. The van der Waals surface area contributed by atoms with Gasteiger partial charge in [-0.05, 0) is 103 Å². The van der Waals surface area contributed by atoms with Gasteiger partial charge in [-0.15, -0.1) is 0 Å². The topological polar surface area (TPSA) is 512 Å². The third kappa shape index (κ3) is 22.2. The van der Waals surface area contributed by atoms with E-state index in [2.05, 4.69) is 67.8 Å². The summed E-state index contributed by atoms with van der Waals surface area (Å²) in [6.45, 7) is 3.37. The van der Waals surface area contributed by atoms with Crippen LogP contribution in [0.5, 0.6) is 5.75 Å². The summed E-state index contributed by atoms with van der Waals surface area (Å²) in [5, 5.41) is 55.4. The number of benzene rings is 3. The Morgan fingerprint density at radius 2 is 1.30 bits per heavy atom. The van der Waals surface area contributed by atoms with E-state index in [9.17, 15) is 63.3 Å². The molecule has 0 saturated carbocycles. The molecule has 5 aromatic rings. The Morgan fingerprint density at radius 1 is 0.683 bits per heavy atom. The van der Waals surface area contributed by atoms with E-state index in [4.69, 9.17) is 17.2 Å². The minimum atomic E-state index is -1.87. The molecule has 104 heavy (non-hydrogen) atoms. The summed E-state index contributed by atoms with van der Waals surface area (Å²) in [6.07, 6.45) is 13.0. The number of aromatic nitrogens is 3. The molecule has 0 radical (unpaired) electrons. The number of allylic oxidation sites excluding steroid dienone is 5. The highest BCUT2D eigenvalue weighted by atomic mass is 16.4. The van der Waals surface area contributed by atoms with Gasteiger partial charge >= 0.3 is 5.97 Å². The average Bonchev–Trinajstić information content (AvgIpc) is 0.990. The molecule has 3 aliphatic rings. The highest BCUT2D eigenvalue weighted by Gasteiger charge is 2.42. The van der Waals surface area contributed by atoms with E-state index >= 15 is 9.59 Å². The van der Waals surface area contributed by atoms with E-state index in [1.54, 1.807) is 44.3 Å². The zero-order valence-corrected chi connectivity index (χ0v) is 57.9. The van der Waals surface area contributed by atoms with Crippen LogP contribution in [0, 0.1) is 11.8 Å². The quantitative estimate of drug-likeness (QED) is 0.0134. The first-order valence-corrected chi connectivity index (χ1v) is 34.4. The van der Waals surface area contributed by atoms with Crippen LogP contribution in [-0.2, 0) is 76.8 Å². The molecule has 2 unspecified atom stereocenters. The van der Waals surface area contributed by atoms with Crippen molar-refractivity contribution in [2.24, 2.45) is 34.0 Å².